The molecule has 0 aliphatic heterocycles. The van der Waals surface area contributed by atoms with Gasteiger partial charge in [0.05, 0.1) is 22.7 Å². The summed E-state index contributed by atoms with van der Waals surface area (Å²) in [6, 6.07) is 12.6. The van der Waals surface area contributed by atoms with Crippen molar-refractivity contribution in [1.29, 1.82) is 0 Å². The summed E-state index contributed by atoms with van der Waals surface area (Å²) in [5.74, 6) is 0.381. The molecule has 0 unspecified atom stereocenters. The molecule has 0 bridgehead atoms. The van der Waals surface area contributed by atoms with Crippen LogP contribution in [0.3, 0.4) is 0 Å². The van der Waals surface area contributed by atoms with Gasteiger partial charge in [0, 0.05) is 10.3 Å². The number of para-hydroxylation sites is 1. The van der Waals surface area contributed by atoms with E-state index in [9.17, 15) is 9.59 Å². The molecule has 0 amide bonds. The Bertz CT molecular complexity index is 1570. The number of carbonyl (C=O) groups is 1. The second-order valence-electron chi connectivity index (χ2n) is 8.03. The molecule has 0 saturated heterocycles. The van der Waals surface area contributed by atoms with E-state index in [4.69, 9.17) is 9.15 Å². The van der Waals surface area contributed by atoms with Crippen molar-refractivity contribution in [3.8, 4) is 11.5 Å². The Labute approximate surface area is 192 Å². The van der Waals surface area contributed by atoms with Gasteiger partial charge in [0.15, 0.2) is 5.76 Å². The van der Waals surface area contributed by atoms with Gasteiger partial charge in [-0.25, -0.2) is 14.8 Å². The normalized spacial score (nSPS) is 13.3. The lowest BCUT2D eigenvalue weighted by Crippen LogP contribution is -2.15. The summed E-state index contributed by atoms with van der Waals surface area (Å²) in [7, 11) is 0. The third-order valence-electron chi connectivity index (χ3n) is 5.92. The smallest absolute Gasteiger partial charge is 0.339 e. The number of thiophene rings is 1. The first-order valence-corrected chi connectivity index (χ1v) is 11.6. The summed E-state index contributed by atoms with van der Waals surface area (Å²) in [5.41, 5.74) is 2.55. The number of H-pyrrole nitrogens is 1. The number of hydrogen-bond donors (Lipinski definition) is 1. The van der Waals surface area contributed by atoms with E-state index in [0.717, 1.165) is 31.2 Å². The van der Waals surface area contributed by atoms with Crippen molar-refractivity contribution in [1.82, 2.24) is 15.0 Å². The Kier molecular flexibility index (Phi) is 4.80. The molecule has 1 N–H and O–H groups in total. The average molecular weight is 458 g/mol. The Morgan fingerprint density at radius 1 is 1.12 bits per heavy atom. The number of ether oxygens (including phenoxy) is 1. The number of carbonyl (C=O) groups excluding carboxylic acids is 1. The SMILES string of the molecule is O=C(OCc1nc2sc3c(c2c(=O)[nH]1)CCCC3)c1cc(-c2ccco2)nc2ccccc12. The second-order valence-corrected chi connectivity index (χ2v) is 9.11. The fourth-order valence-corrected chi connectivity index (χ4v) is 5.66. The van der Waals surface area contributed by atoms with Gasteiger partial charge in [0.25, 0.3) is 5.56 Å². The van der Waals surface area contributed by atoms with Crippen LogP contribution in [0.5, 0.6) is 0 Å². The minimum absolute atomic E-state index is 0.126. The van der Waals surface area contributed by atoms with Crippen molar-refractivity contribution in [2.75, 3.05) is 0 Å². The molecule has 4 heterocycles. The van der Waals surface area contributed by atoms with Crippen LogP contribution in [0.25, 0.3) is 32.6 Å². The molecule has 1 aliphatic rings. The van der Waals surface area contributed by atoms with Crippen LogP contribution in [0, 0.1) is 0 Å². The predicted molar refractivity (Wildman–Crippen MR) is 125 cm³/mol. The fourth-order valence-electron chi connectivity index (χ4n) is 4.38. The van der Waals surface area contributed by atoms with Crippen LogP contribution < -0.4 is 5.56 Å². The van der Waals surface area contributed by atoms with E-state index in [2.05, 4.69) is 15.0 Å². The molecule has 0 spiro atoms. The number of furan rings is 1. The van der Waals surface area contributed by atoms with Crippen molar-refractivity contribution < 1.29 is 13.9 Å². The van der Waals surface area contributed by atoms with Gasteiger partial charge in [-0.2, -0.15) is 0 Å². The maximum atomic E-state index is 13.1. The van der Waals surface area contributed by atoms with Gasteiger partial charge < -0.3 is 14.1 Å². The quantitative estimate of drug-likeness (QED) is 0.380. The lowest BCUT2D eigenvalue weighted by molar-refractivity contribution is 0.0464. The van der Waals surface area contributed by atoms with E-state index in [1.807, 2.05) is 24.3 Å². The van der Waals surface area contributed by atoms with Crippen molar-refractivity contribution in [2.45, 2.75) is 32.3 Å². The van der Waals surface area contributed by atoms with Gasteiger partial charge in [-0.1, -0.05) is 18.2 Å². The highest BCUT2D eigenvalue weighted by Crippen LogP contribution is 2.33. The summed E-state index contributed by atoms with van der Waals surface area (Å²) in [6.07, 6.45) is 5.71. The molecular formula is C25H19N3O4S. The van der Waals surface area contributed by atoms with E-state index in [1.165, 1.54) is 4.88 Å². The molecule has 6 rings (SSSR count). The molecule has 0 fully saturated rings. The van der Waals surface area contributed by atoms with Crippen LogP contribution in [0.4, 0.5) is 0 Å². The minimum Gasteiger partial charge on any atom is -0.463 e. The van der Waals surface area contributed by atoms with Crippen molar-refractivity contribution in [3.05, 3.63) is 80.9 Å². The minimum atomic E-state index is -0.519. The predicted octanol–water partition coefficient (Wildman–Crippen LogP) is 5.03. The average Bonchev–Trinajstić information content (AvgIpc) is 3.50. The number of benzene rings is 1. The highest BCUT2D eigenvalue weighted by atomic mass is 32.1. The van der Waals surface area contributed by atoms with Gasteiger partial charge >= 0.3 is 5.97 Å². The highest BCUT2D eigenvalue weighted by molar-refractivity contribution is 7.18. The van der Waals surface area contributed by atoms with Gasteiger partial charge in [-0.3, -0.25) is 4.79 Å². The Hall–Kier alpha value is -3.78. The van der Waals surface area contributed by atoms with Crippen LogP contribution in [0.15, 0.2) is 57.9 Å². The molecule has 1 aromatic carbocycles. The number of nitrogens with one attached hydrogen (secondary N) is 1. The first kappa shape index (κ1) is 19.9. The monoisotopic (exact) mass is 457 g/mol. The number of aromatic amines is 1. The largest absolute Gasteiger partial charge is 0.463 e. The van der Waals surface area contributed by atoms with Crippen molar-refractivity contribution >= 4 is 38.4 Å². The molecule has 5 aromatic rings. The molecule has 1 aliphatic carbocycles. The molecule has 0 saturated carbocycles. The Morgan fingerprint density at radius 3 is 2.88 bits per heavy atom. The summed E-state index contributed by atoms with van der Waals surface area (Å²) in [5, 5.41) is 1.37. The topological polar surface area (TPSA) is 98.1 Å². The van der Waals surface area contributed by atoms with Crippen molar-refractivity contribution in [3.63, 3.8) is 0 Å². The third-order valence-corrected chi connectivity index (χ3v) is 7.11. The van der Waals surface area contributed by atoms with Crippen LogP contribution >= 0.6 is 11.3 Å². The zero-order chi connectivity index (χ0) is 22.4. The van der Waals surface area contributed by atoms with E-state index < -0.39 is 5.97 Å². The van der Waals surface area contributed by atoms with E-state index >= 15 is 0 Å². The first-order valence-electron chi connectivity index (χ1n) is 10.8. The number of pyridine rings is 1. The molecular weight excluding hydrogens is 438 g/mol. The van der Waals surface area contributed by atoms with Crippen LogP contribution in [0.2, 0.25) is 0 Å². The first-order chi connectivity index (χ1) is 16.2. The van der Waals surface area contributed by atoms with E-state index in [1.54, 1.807) is 35.8 Å². The van der Waals surface area contributed by atoms with Gasteiger partial charge in [-0.15, -0.1) is 11.3 Å². The van der Waals surface area contributed by atoms with Gasteiger partial charge in [-0.05, 0) is 55.5 Å². The van der Waals surface area contributed by atoms with Gasteiger partial charge in [0.2, 0.25) is 0 Å². The van der Waals surface area contributed by atoms with Gasteiger partial charge in [0.1, 0.15) is 23.0 Å². The molecule has 8 heteroatoms. The molecule has 164 valence electrons. The fraction of sp³-hybridized carbons (Fsp3) is 0.200. The number of nitrogens with zero attached hydrogens (tertiary/aromatic N) is 2. The number of esters is 1. The Balaban J connectivity index is 1.32. The molecule has 0 atom stereocenters. The third kappa shape index (κ3) is 3.52. The highest BCUT2D eigenvalue weighted by Gasteiger charge is 2.21. The zero-order valence-corrected chi connectivity index (χ0v) is 18.4. The number of hydrogen-bond acceptors (Lipinski definition) is 7. The molecule has 4 aromatic heterocycles. The number of aromatic nitrogens is 3. The molecule has 0 radical (unpaired) electrons. The molecule has 33 heavy (non-hydrogen) atoms. The summed E-state index contributed by atoms with van der Waals surface area (Å²) >= 11 is 1.57. The Morgan fingerprint density at radius 2 is 2.00 bits per heavy atom. The molecule has 7 nitrogen and oxygen atoms in total. The van der Waals surface area contributed by atoms with Crippen LogP contribution in [-0.4, -0.2) is 20.9 Å². The van der Waals surface area contributed by atoms with E-state index in [0.29, 0.717) is 44.0 Å². The maximum Gasteiger partial charge on any atom is 0.339 e. The summed E-state index contributed by atoms with van der Waals surface area (Å²) < 4.78 is 11.0. The lowest BCUT2D eigenvalue weighted by atomic mass is 9.97. The number of rotatable bonds is 4. The second kappa shape index (κ2) is 7.97. The number of fused-ring (bicyclic) bond motifs is 4. The lowest BCUT2D eigenvalue weighted by Gasteiger charge is -2.10. The van der Waals surface area contributed by atoms with E-state index in [-0.39, 0.29) is 12.2 Å². The number of aryl methyl sites for hydroxylation is 2. The summed E-state index contributed by atoms with van der Waals surface area (Å²) in [4.78, 5) is 39.8. The summed E-state index contributed by atoms with van der Waals surface area (Å²) in [6.45, 7) is -0.126. The zero-order valence-electron chi connectivity index (χ0n) is 17.6. The van der Waals surface area contributed by atoms with Crippen LogP contribution in [0.1, 0.15) is 39.5 Å². The maximum absolute atomic E-state index is 13.1. The standard InChI is InChI=1S/C25H19N3O4S/c29-23-22-15-7-2-4-10-20(15)33-24(22)28-21(27-23)13-32-25(30)16-12-18(19-9-5-11-31-19)26-17-8-3-1-6-14(16)17/h1,3,5-6,8-9,11-12H,2,4,7,10,13H2,(H,27,28,29). The van der Waals surface area contributed by atoms with Crippen molar-refractivity contribution in [2.24, 2.45) is 0 Å². The van der Waals surface area contributed by atoms with Crippen LogP contribution in [-0.2, 0) is 24.2 Å².